The standard InChI is InChI=1S/C30H28N4O3/c35-28-21-26(33-19-17-32(18-20-33)16-6-9-22-7-2-1-3-8-22)30(36)34(28)24-14-12-23(13-15-24)29-31-25-10-4-5-11-27(25)37-29/h1-15,26H,16-21H2/b9-6+/t26-/m1/s1. The monoisotopic (exact) mass is 492 g/mol. The zero-order chi connectivity index (χ0) is 25.2. The number of anilines is 1. The molecule has 6 rings (SSSR count). The fraction of sp³-hybridized carbons (Fsp3) is 0.233. The molecule has 0 unspecified atom stereocenters. The molecule has 2 aliphatic heterocycles. The Morgan fingerprint density at radius 1 is 0.865 bits per heavy atom. The molecule has 0 spiro atoms. The van der Waals surface area contributed by atoms with Crippen LogP contribution in [0.1, 0.15) is 12.0 Å². The second-order valence-electron chi connectivity index (χ2n) is 9.47. The molecule has 2 amide bonds. The summed E-state index contributed by atoms with van der Waals surface area (Å²) in [6.45, 7) is 4.16. The first-order valence-corrected chi connectivity index (χ1v) is 12.7. The van der Waals surface area contributed by atoms with Crippen molar-refractivity contribution < 1.29 is 14.0 Å². The maximum Gasteiger partial charge on any atom is 0.251 e. The highest BCUT2D eigenvalue weighted by atomic mass is 16.3. The van der Waals surface area contributed by atoms with Crippen LogP contribution in [0.25, 0.3) is 28.6 Å². The second-order valence-corrected chi connectivity index (χ2v) is 9.47. The molecule has 7 heteroatoms. The van der Waals surface area contributed by atoms with Gasteiger partial charge in [-0.1, -0.05) is 54.6 Å². The highest BCUT2D eigenvalue weighted by Crippen LogP contribution is 2.30. The molecule has 1 atom stereocenters. The number of para-hydroxylation sites is 2. The first kappa shape index (κ1) is 23.3. The Morgan fingerprint density at radius 2 is 1.59 bits per heavy atom. The van der Waals surface area contributed by atoms with Gasteiger partial charge in [0.2, 0.25) is 11.8 Å². The molecule has 0 N–H and O–H groups in total. The minimum absolute atomic E-state index is 0.142. The third-order valence-electron chi connectivity index (χ3n) is 7.11. The van der Waals surface area contributed by atoms with Crippen molar-refractivity contribution in [1.82, 2.24) is 14.8 Å². The molecule has 2 saturated heterocycles. The van der Waals surface area contributed by atoms with Gasteiger partial charge in [-0.25, -0.2) is 9.88 Å². The molecule has 4 aromatic rings. The molecular weight excluding hydrogens is 464 g/mol. The molecule has 37 heavy (non-hydrogen) atoms. The van der Waals surface area contributed by atoms with Crippen molar-refractivity contribution in [2.24, 2.45) is 0 Å². The van der Waals surface area contributed by atoms with Gasteiger partial charge in [0.1, 0.15) is 5.52 Å². The van der Waals surface area contributed by atoms with Gasteiger partial charge >= 0.3 is 0 Å². The molecule has 2 aliphatic rings. The number of hydrogen-bond donors (Lipinski definition) is 0. The van der Waals surface area contributed by atoms with Crippen molar-refractivity contribution in [3.63, 3.8) is 0 Å². The molecule has 3 heterocycles. The van der Waals surface area contributed by atoms with Gasteiger partial charge in [0, 0.05) is 38.3 Å². The van der Waals surface area contributed by atoms with Gasteiger partial charge in [-0.3, -0.25) is 19.4 Å². The van der Waals surface area contributed by atoms with Crippen molar-refractivity contribution in [2.45, 2.75) is 12.5 Å². The maximum atomic E-state index is 13.3. The van der Waals surface area contributed by atoms with Crippen molar-refractivity contribution in [3.05, 3.63) is 90.5 Å². The van der Waals surface area contributed by atoms with Crippen LogP contribution in [0.2, 0.25) is 0 Å². The molecule has 1 aromatic heterocycles. The van der Waals surface area contributed by atoms with Crippen LogP contribution in [0.3, 0.4) is 0 Å². The zero-order valence-corrected chi connectivity index (χ0v) is 20.5. The van der Waals surface area contributed by atoms with E-state index in [4.69, 9.17) is 4.42 Å². The molecule has 0 bridgehead atoms. The number of hydrogen-bond acceptors (Lipinski definition) is 6. The summed E-state index contributed by atoms with van der Waals surface area (Å²) >= 11 is 0. The fourth-order valence-electron chi connectivity index (χ4n) is 5.08. The summed E-state index contributed by atoms with van der Waals surface area (Å²) in [6.07, 6.45) is 4.54. The van der Waals surface area contributed by atoms with Gasteiger partial charge < -0.3 is 4.42 Å². The number of carbonyl (C=O) groups is 2. The predicted molar refractivity (Wildman–Crippen MR) is 144 cm³/mol. The molecule has 0 saturated carbocycles. The number of oxazole rings is 1. The molecule has 186 valence electrons. The number of nitrogens with zero attached hydrogens (tertiary/aromatic N) is 4. The van der Waals surface area contributed by atoms with E-state index < -0.39 is 6.04 Å². The minimum atomic E-state index is -0.397. The third-order valence-corrected chi connectivity index (χ3v) is 7.11. The predicted octanol–water partition coefficient (Wildman–Crippen LogP) is 4.46. The van der Waals surface area contributed by atoms with E-state index in [2.05, 4.69) is 39.1 Å². The van der Waals surface area contributed by atoms with Crippen LogP contribution in [0.4, 0.5) is 5.69 Å². The minimum Gasteiger partial charge on any atom is -0.436 e. The van der Waals surface area contributed by atoms with Crippen LogP contribution >= 0.6 is 0 Å². The summed E-state index contributed by atoms with van der Waals surface area (Å²) in [4.78, 5) is 36.6. The number of rotatable bonds is 6. The van der Waals surface area contributed by atoms with Crippen molar-refractivity contribution in [3.8, 4) is 11.5 Å². The lowest BCUT2D eigenvalue weighted by molar-refractivity contribution is -0.123. The highest BCUT2D eigenvalue weighted by Gasteiger charge is 2.43. The van der Waals surface area contributed by atoms with E-state index in [1.165, 1.54) is 10.5 Å². The largest absolute Gasteiger partial charge is 0.436 e. The number of amides is 2. The molecule has 0 aliphatic carbocycles. The highest BCUT2D eigenvalue weighted by molar-refractivity contribution is 6.22. The van der Waals surface area contributed by atoms with Crippen LogP contribution in [0.5, 0.6) is 0 Å². The summed E-state index contributed by atoms with van der Waals surface area (Å²) in [7, 11) is 0. The average molecular weight is 493 g/mol. The number of piperazine rings is 1. The fourth-order valence-corrected chi connectivity index (χ4v) is 5.08. The smallest absolute Gasteiger partial charge is 0.251 e. The Kier molecular flexibility index (Phi) is 6.39. The van der Waals surface area contributed by atoms with Crippen LogP contribution < -0.4 is 4.90 Å². The third kappa shape index (κ3) is 4.83. The van der Waals surface area contributed by atoms with E-state index in [0.29, 0.717) is 11.6 Å². The van der Waals surface area contributed by atoms with Crippen molar-refractivity contribution in [1.29, 1.82) is 0 Å². The normalized spacial score (nSPS) is 19.5. The van der Waals surface area contributed by atoms with E-state index in [1.54, 1.807) is 12.1 Å². The first-order chi connectivity index (χ1) is 18.2. The topological polar surface area (TPSA) is 69.9 Å². The summed E-state index contributed by atoms with van der Waals surface area (Å²) in [5.74, 6) is 0.219. The Labute approximate surface area is 215 Å². The number of benzene rings is 3. The molecule has 7 nitrogen and oxygen atoms in total. The van der Waals surface area contributed by atoms with Gasteiger partial charge in [0.25, 0.3) is 5.91 Å². The Hall–Kier alpha value is -4.07. The number of fused-ring (bicyclic) bond motifs is 1. The number of imide groups is 1. The van der Waals surface area contributed by atoms with E-state index >= 15 is 0 Å². The summed E-state index contributed by atoms with van der Waals surface area (Å²) in [6, 6.07) is 24.7. The summed E-state index contributed by atoms with van der Waals surface area (Å²) in [5, 5.41) is 0. The summed E-state index contributed by atoms with van der Waals surface area (Å²) in [5.41, 5.74) is 4.09. The van der Waals surface area contributed by atoms with Crippen LogP contribution in [-0.4, -0.2) is 65.4 Å². The zero-order valence-electron chi connectivity index (χ0n) is 20.5. The Morgan fingerprint density at radius 3 is 2.35 bits per heavy atom. The second kappa shape index (κ2) is 10.1. The quantitative estimate of drug-likeness (QED) is 0.370. The van der Waals surface area contributed by atoms with Crippen LogP contribution in [-0.2, 0) is 9.59 Å². The SMILES string of the molecule is O=C1C[C@@H](N2CCN(C/C=C/c3ccccc3)CC2)C(=O)N1c1ccc(-c2nc3ccccc3o2)cc1. The lowest BCUT2D eigenvalue weighted by Gasteiger charge is -2.36. The van der Waals surface area contributed by atoms with Gasteiger partial charge in [-0.05, 0) is 42.0 Å². The first-order valence-electron chi connectivity index (χ1n) is 12.7. The van der Waals surface area contributed by atoms with Crippen molar-refractivity contribution >= 4 is 34.7 Å². The summed E-state index contributed by atoms with van der Waals surface area (Å²) < 4.78 is 5.84. The Bertz CT molecular complexity index is 1400. The number of aromatic nitrogens is 1. The van der Waals surface area contributed by atoms with E-state index in [9.17, 15) is 9.59 Å². The van der Waals surface area contributed by atoms with Gasteiger partial charge in [0.15, 0.2) is 5.58 Å². The van der Waals surface area contributed by atoms with Crippen LogP contribution in [0, 0.1) is 0 Å². The molecular formula is C30H28N4O3. The van der Waals surface area contributed by atoms with Gasteiger partial charge in [-0.15, -0.1) is 0 Å². The van der Waals surface area contributed by atoms with Crippen LogP contribution in [0.15, 0.2) is 89.4 Å². The maximum absolute atomic E-state index is 13.3. The van der Waals surface area contributed by atoms with E-state index in [0.717, 1.165) is 49.4 Å². The lowest BCUT2D eigenvalue weighted by atomic mass is 10.1. The molecule has 3 aromatic carbocycles. The van der Waals surface area contributed by atoms with Gasteiger partial charge in [-0.2, -0.15) is 0 Å². The molecule has 2 fully saturated rings. The van der Waals surface area contributed by atoms with Crippen molar-refractivity contribution in [2.75, 3.05) is 37.6 Å². The van der Waals surface area contributed by atoms with E-state index in [-0.39, 0.29) is 18.2 Å². The van der Waals surface area contributed by atoms with E-state index in [1.807, 2.05) is 54.6 Å². The van der Waals surface area contributed by atoms with Gasteiger partial charge in [0.05, 0.1) is 18.2 Å². The molecule has 0 radical (unpaired) electrons. The Balaban J connectivity index is 1.07. The lowest BCUT2D eigenvalue weighted by Crippen LogP contribution is -2.52. The number of carbonyl (C=O) groups excluding carboxylic acids is 2. The average Bonchev–Trinajstić information content (AvgIpc) is 3.50.